The summed E-state index contributed by atoms with van der Waals surface area (Å²) in [6.07, 6.45) is 1.00. The SMILES string of the molecule is Cc1ccc(Br)cc1C(=O)NCCCN1CCN(C)CC1. The van der Waals surface area contributed by atoms with Gasteiger partial charge in [0, 0.05) is 42.8 Å². The van der Waals surface area contributed by atoms with Crippen LogP contribution in [0.15, 0.2) is 22.7 Å². The van der Waals surface area contributed by atoms with Crippen LogP contribution < -0.4 is 5.32 Å². The molecular weight excluding hydrogens is 330 g/mol. The van der Waals surface area contributed by atoms with Crippen LogP contribution in [0.25, 0.3) is 0 Å². The van der Waals surface area contributed by atoms with Crippen molar-refractivity contribution < 1.29 is 4.79 Å². The third-order valence-electron chi connectivity index (χ3n) is 3.98. The van der Waals surface area contributed by atoms with E-state index in [4.69, 9.17) is 0 Å². The zero-order valence-electron chi connectivity index (χ0n) is 12.9. The lowest BCUT2D eigenvalue weighted by Crippen LogP contribution is -2.45. The summed E-state index contributed by atoms with van der Waals surface area (Å²) in [5.74, 6) is 0.0205. The molecular formula is C16H24BrN3O. The molecule has 1 N–H and O–H groups in total. The molecule has 5 heteroatoms. The Hall–Kier alpha value is -0.910. The number of benzene rings is 1. The summed E-state index contributed by atoms with van der Waals surface area (Å²) in [6, 6.07) is 5.80. The average Bonchev–Trinajstić information content (AvgIpc) is 2.47. The molecule has 0 aliphatic carbocycles. The maximum Gasteiger partial charge on any atom is 0.251 e. The second-order valence-corrected chi connectivity index (χ2v) is 6.63. The molecule has 1 aliphatic heterocycles. The van der Waals surface area contributed by atoms with Crippen molar-refractivity contribution in [3.8, 4) is 0 Å². The highest BCUT2D eigenvalue weighted by Gasteiger charge is 2.13. The maximum atomic E-state index is 12.2. The van der Waals surface area contributed by atoms with Crippen molar-refractivity contribution in [2.75, 3.05) is 46.3 Å². The Labute approximate surface area is 135 Å². The summed E-state index contributed by atoms with van der Waals surface area (Å²) in [5, 5.41) is 3.02. The van der Waals surface area contributed by atoms with Gasteiger partial charge in [0.2, 0.25) is 0 Å². The number of nitrogens with one attached hydrogen (secondary N) is 1. The molecule has 0 atom stereocenters. The average molecular weight is 354 g/mol. The summed E-state index contributed by atoms with van der Waals surface area (Å²) in [4.78, 5) is 17.0. The van der Waals surface area contributed by atoms with Gasteiger partial charge >= 0.3 is 0 Å². The molecule has 1 saturated heterocycles. The second-order valence-electron chi connectivity index (χ2n) is 5.71. The molecule has 1 heterocycles. The molecule has 4 nitrogen and oxygen atoms in total. The molecule has 1 aromatic carbocycles. The third-order valence-corrected chi connectivity index (χ3v) is 4.47. The van der Waals surface area contributed by atoms with Gasteiger partial charge in [-0.1, -0.05) is 22.0 Å². The van der Waals surface area contributed by atoms with Crippen LogP contribution >= 0.6 is 15.9 Å². The Balaban J connectivity index is 1.71. The van der Waals surface area contributed by atoms with Crippen LogP contribution in [-0.2, 0) is 0 Å². The van der Waals surface area contributed by atoms with Crippen LogP contribution in [0.4, 0.5) is 0 Å². The number of rotatable bonds is 5. The minimum atomic E-state index is 0.0205. The van der Waals surface area contributed by atoms with Crippen LogP contribution in [0.1, 0.15) is 22.3 Å². The number of carbonyl (C=O) groups is 1. The minimum Gasteiger partial charge on any atom is -0.352 e. The van der Waals surface area contributed by atoms with E-state index in [1.807, 2.05) is 25.1 Å². The molecule has 1 aliphatic rings. The summed E-state index contributed by atoms with van der Waals surface area (Å²) in [7, 11) is 2.16. The van der Waals surface area contributed by atoms with E-state index in [0.717, 1.165) is 61.3 Å². The second kappa shape index (κ2) is 7.92. The summed E-state index contributed by atoms with van der Waals surface area (Å²) in [6.45, 7) is 8.31. The smallest absolute Gasteiger partial charge is 0.251 e. The molecule has 0 saturated carbocycles. The molecule has 1 fully saturated rings. The first kappa shape index (κ1) is 16.5. The van der Waals surface area contributed by atoms with E-state index >= 15 is 0 Å². The maximum absolute atomic E-state index is 12.2. The van der Waals surface area contributed by atoms with Crippen LogP contribution in [0.3, 0.4) is 0 Å². The minimum absolute atomic E-state index is 0.0205. The number of nitrogens with zero attached hydrogens (tertiary/aromatic N) is 2. The summed E-state index contributed by atoms with van der Waals surface area (Å²) in [5.41, 5.74) is 1.76. The van der Waals surface area contributed by atoms with E-state index in [-0.39, 0.29) is 5.91 Å². The molecule has 0 radical (unpaired) electrons. The monoisotopic (exact) mass is 353 g/mol. The quantitative estimate of drug-likeness (QED) is 0.823. The van der Waals surface area contributed by atoms with Crippen LogP contribution in [0, 0.1) is 6.92 Å². The van der Waals surface area contributed by atoms with E-state index in [0.29, 0.717) is 0 Å². The van der Waals surface area contributed by atoms with Crippen LogP contribution in [-0.4, -0.2) is 62.0 Å². The Morgan fingerprint density at radius 2 is 2.00 bits per heavy atom. The van der Waals surface area contributed by atoms with Gasteiger partial charge in [-0.3, -0.25) is 4.79 Å². The number of halogens is 1. The van der Waals surface area contributed by atoms with Gasteiger partial charge in [0.15, 0.2) is 0 Å². The number of amides is 1. The van der Waals surface area contributed by atoms with Crippen molar-refractivity contribution in [1.29, 1.82) is 0 Å². The molecule has 0 aromatic heterocycles. The number of aryl methyl sites for hydroxylation is 1. The Kier molecular flexibility index (Phi) is 6.21. The Morgan fingerprint density at radius 3 is 2.71 bits per heavy atom. The first-order chi connectivity index (χ1) is 10.1. The molecule has 0 unspecified atom stereocenters. The topological polar surface area (TPSA) is 35.6 Å². The highest BCUT2D eigenvalue weighted by molar-refractivity contribution is 9.10. The van der Waals surface area contributed by atoms with Gasteiger partial charge in [-0.2, -0.15) is 0 Å². The molecule has 0 spiro atoms. The van der Waals surface area contributed by atoms with Crippen molar-refractivity contribution in [2.24, 2.45) is 0 Å². The fraction of sp³-hybridized carbons (Fsp3) is 0.562. The van der Waals surface area contributed by atoms with Crippen LogP contribution in [0.2, 0.25) is 0 Å². The van der Waals surface area contributed by atoms with Gasteiger partial charge in [-0.15, -0.1) is 0 Å². The molecule has 21 heavy (non-hydrogen) atoms. The lowest BCUT2D eigenvalue weighted by atomic mass is 10.1. The van der Waals surface area contributed by atoms with E-state index < -0.39 is 0 Å². The fourth-order valence-corrected chi connectivity index (χ4v) is 2.87. The van der Waals surface area contributed by atoms with Crippen molar-refractivity contribution >= 4 is 21.8 Å². The highest BCUT2D eigenvalue weighted by Crippen LogP contribution is 2.15. The fourth-order valence-electron chi connectivity index (χ4n) is 2.51. The van der Waals surface area contributed by atoms with E-state index in [1.54, 1.807) is 0 Å². The predicted molar refractivity (Wildman–Crippen MR) is 89.8 cm³/mol. The first-order valence-corrected chi connectivity index (χ1v) is 8.31. The zero-order chi connectivity index (χ0) is 15.2. The van der Waals surface area contributed by atoms with Crippen molar-refractivity contribution in [3.05, 3.63) is 33.8 Å². The van der Waals surface area contributed by atoms with Crippen molar-refractivity contribution in [1.82, 2.24) is 15.1 Å². The lowest BCUT2D eigenvalue weighted by molar-refractivity contribution is 0.0949. The highest BCUT2D eigenvalue weighted by atomic mass is 79.9. The van der Waals surface area contributed by atoms with Gasteiger partial charge in [0.05, 0.1) is 0 Å². The van der Waals surface area contributed by atoms with E-state index in [9.17, 15) is 4.79 Å². The largest absolute Gasteiger partial charge is 0.352 e. The standard InChI is InChI=1S/C16H24BrN3O/c1-13-4-5-14(17)12-15(13)16(21)18-6-3-7-20-10-8-19(2)9-11-20/h4-5,12H,3,6-11H2,1-2H3,(H,18,21). The predicted octanol–water partition coefficient (Wildman–Crippen LogP) is 2.12. The number of piperazine rings is 1. The normalized spacial score (nSPS) is 16.9. The first-order valence-electron chi connectivity index (χ1n) is 7.51. The van der Waals surface area contributed by atoms with Crippen molar-refractivity contribution in [2.45, 2.75) is 13.3 Å². The summed E-state index contributed by atoms with van der Waals surface area (Å²) < 4.78 is 0.940. The molecule has 1 amide bonds. The van der Waals surface area contributed by atoms with Gasteiger partial charge in [0.25, 0.3) is 5.91 Å². The number of likely N-dealkylation sites (N-methyl/N-ethyl adjacent to an activating group) is 1. The van der Waals surface area contributed by atoms with Crippen molar-refractivity contribution in [3.63, 3.8) is 0 Å². The number of hydrogen-bond acceptors (Lipinski definition) is 3. The number of hydrogen-bond donors (Lipinski definition) is 1. The van der Waals surface area contributed by atoms with Gasteiger partial charge in [0.1, 0.15) is 0 Å². The summed E-state index contributed by atoms with van der Waals surface area (Å²) >= 11 is 3.41. The van der Waals surface area contributed by atoms with Gasteiger partial charge < -0.3 is 15.1 Å². The van der Waals surface area contributed by atoms with E-state index in [1.165, 1.54) is 0 Å². The van der Waals surface area contributed by atoms with E-state index in [2.05, 4.69) is 38.1 Å². The van der Waals surface area contributed by atoms with Crippen LogP contribution in [0.5, 0.6) is 0 Å². The Bertz CT molecular complexity index is 484. The Morgan fingerprint density at radius 1 is 1.29 bits per heavy atom. The van der Waals surface area contributed by atoms with Gasteiger partial charge in [-0.25, -0.2) is 0 Å². The molecule has 1 aromatic rings. The van der Waals surface area contributed by atoms with Gasteiger partial charge in [-0.05, 0) is 44.6 Å². The molecule has 116 valence electrons. The molecule has 2 rings (SSSR count). The molecule has 0 bridgehead atoms. The third kappa shape index (κ3) is 5.09. The zero-order valence-corrected chi connectivity index (χ0v) is 14.4. The number of carbonyl (C=O) groups excluding carboxylic acids is 1. The lowest BCUT2D eigenvalue weighted by Gasteiger charge is -2.32.